The number of halogens is 1. The van der Waals surface area contributed by atoms with Crippen molar-refractivity contribution < 1.29 is 4.79 Å². The average molecular weight is 312 g/mol. The molecule has 7 heteroatoms. The van der Waals surface area contributed by atoms with Gasteiger partial charge in [0.15, 0.2) is 0 Å². The van der Waals surface area contributed by atoms with Gasteiger partial charge < -0.3 is 15.5 Å². The normalized spacial score (nSPS) is 16.5. The van der Waals surface area contributed by atoms with Gasteiger partial charge in [0.1, 0.15) is 11.0 Å². The summed E-state index contributed by atoms with van der Waals surface area (Å²) in [6.45, 7) is 5.31. The molecule has 1 aliphatic rings. The Kier molecular flexibility index (Phi) is 5.39. The third kappa shape index (κ3) is 4.56. The van der Waals surface area contributed by atoms with E-state index >= 15 is 0 Å². The molecule has 1 aliphatic heterocycles. The van der Waals surface area contributed by atoms with Gasteiger partial charge in [-0.15, -0.1) is 0 Å². The molecule has 2 rings (SSSR count). The van der Waals surface area contributed by atoms with Crippen LogP contribution in [0.25, 0.3) is 0 Å². The number of aromatic nitrogens is 1. The van der Waals surface area contributed by atoms with Crippen LogP contribution in [0.3, 0.4) is 0 Å². The van der Waals surface area contributed by atoms with E-state index in [-0.39, 0.29) is 16.9 Å². The SMILES string of the molecule is CN(C)CCN1CCN(C(=O)c2cc(N)nc(Cl)c2)CC1. The van der Waals surface area contributed by atoms with E-state index in [1.165, 1.54) is 0 Å². The smallest absolute Gasteiger partial charge is 0.254 e. The number of nitrogen functional groups attached to an aromatic ring is 1. The van der Waals surface area contributed by atoms with E-state index < -0.39 is 0 Å². The number of nitrogens with two attached hydrogens (primary N) is 1. The van der Waals surface area contributed by atoms with E-state index in [2.05, 4.69) is 28.9 Å². The van der Waals surface area contributed by atoms with Crippen LogP contribution in [0, 0.1) is 0 Å². The van der Waals surface area contributed by atoms with Crippen molar-refractivity contribution >= 4 is 23.3 Å². The molecule has 0 radical (unpaired) electrons. The number of nitrogens with zero attached hydrogens (tertiary/aromatic N) is 4. The van der Waals surface area contributed by atoms with E-state index in [4.69, 9.17) is 17.3 Å². The molecule has 0 aliphatic carbocycles. The quantitative estimate of drug-likeness (QED) is 0.827. The van der Waals surface area contributed by atoms with Gasteiger partial charge in [-0.3, -0.25) is 9.69 Å². The number of piperazine rings is 1. The fourth-order valence-corrected chi connectivity index (χ4v) is 2.55. The number of carbonyl (C=O) groups excluding carboxylic acids is 1. The van der Waals surface area contributed by atoms with Crippen LogP contribution in [0.4, 0.5) is 5.82 Å². The summed E-state index contributed by atoms with van der Waals surface area (Å²) in [5.41, 5.74) is 6.15. The lowest BCUT2D eigenvalue weighted by Gasteiger charge is -2.35. The molecule has 0 aromatic carbocycles. The molecule has 2 heterocycles. The van der Waals surface area contributed by atoms with Gasteiger partial charge in [-0.05, 0) is 26.2 Å². The van der Waals surface area contributed by atoms with Crippen molar-refractivity contribution in [3.8, 4) is 0 Å². The van der Waals surface area contributed by atoms with E-state index in [9.17, 15) is 4.79 Å². The zero-order chi connectivity index (χ0) is 15.4. The molecule has 6 nitrogen and oxygen atoms in total. The van der Waals surface area contributed by atoms with Crippen molar-refractivity contribution in [3.63, 3.8) is 0 Å². The van der Waals surface area contributed by atoms with Gasteiger partial charge in [-0.25, -0.2) is 4.98 Å². The van der Waals surface area contributed by atoms with Crippen LogP contribution in [-0.2, 0) is 0 Å². The molecule has 0 bridgehead atoms. The van der Waals surface area contributed by atoms with E-state index in [0.29, 0.717) is 5.56 Å². The van der Waals surface area contributed by atoms with Gasteiger partial charge >= 0.3 is 0 Å². The summed E-state index contributed by atoms with van der Waals surface area (Å²) in [6.07, 6.45) is 0. The third-order valence-corrected chi connectivity index (χ3v) is 3.78. The van der Waals surface area contributed by atoms with Crippen molar-refractivity contribution in [3.05, 3.63) is 22.8 Å². The molecule has 1 aromatic heterocycles. The van der Waals surface area contributed by atoms with Gasteiger partial charge in [0.05, 0.1) is 0 Å². The van der Waals surface area contributed by atoms with E-state index in [1.807, 2.05) is 4.90 Å². The van der Waals surface area contributed by atoms with Crippen LogP contribution in [0.1, 0.15) is 10.4 Å². The van der Waals surface area contributed by atoms with Gasteiger partial charge in [-0.1, -0.05) is 11.6 Å². The standard InChI is InChI=1S/C14H22ClN5O/c1-18(2)3-4-19-5-7-20(8-6-19)14(21)11-9-12(15)17-13(16)10-11/h9-10H,3-8H2,1-2H3,(H2,16,17). The predicted molar refractivity (Wildman–Crippen MR) is 84.6 cm³/mol. The maximum Gasteiger partial charge on any atom is 0.254 e. The number of pyridine rings is 1. The summed E-state index contributed by atoms with van der Waals surface area (Å²) < 4.78 is 0. The van der Waals surface area contributed by atoms with Crippen molar-refractivity contribution in [2.75, 3.05) is 59.1 Å². The number of amides is 1. The second-order valence-electron chi connectivity index (χ2n) is 5.54. The van der Waals surface area contributed by atoms with Crippen molar-refractivity contribution in [1.29, 1.82) is 0 Å². The van der Waals surface area contributed by atoms with Crippen LogP contribution >= 0.6 is 11.6 Å². The zero-order valence-electron chi connectivity index (χ0n) is 12.5. The highest BCUT2D eigenvalue weighted by molar-refractivity contribution is 6.29. The zero-order valence-corrected chi connectivity index (χ0v) is 13.3. The number of anilines is 1. The molecular formula is C14H22ClN5O. The summed E-state index contributed by atoms with van der Waals surface area (Å²) in [4.78, 5) is 22.7. The first-order valence-corrected chi connectivity index (χ1v) is 7.43. The summed E-state index contributed by atoms with van der Waals surface area (Å²) in [6, 6.07) is 3.14. The molecule has 1 saturated heterocycles. The highest BCUT2D eigenvalue weighted by Crippen LogP contribution is 2.15. The van der Waals surface area contributed by atoms with Crippen molar-refractivity contribution in [1.82, 2.24) is 19.7 Å². The molecule has 1 fully saturated rings. The minimum Gasteiger partial charge on any atom is -0.384 e. The number of hydrogen-bond donors (Lipinski definition) is 1. The van der Waals surface area contributed by atoms with Gasteiger partial charge in [0.2, 0.25) is 0 Å². The third-order valence-electron chi connectivity index (χ3n) is 3.58. The topological polar surface area (TPSA) is 65.7 Å². The maximum absolute atomic E-state index is 12.4. The minimum atomic E-state index is -0.0294. The second-order valence-corrected chi connectivity index (χ2v) is 5.93. The number of hydrogen-bond acceptors (Lipinski definition) is 5. The minimum absolute atomic E-state index is 0.0294. The maximum atomic E-state index is 12.4. The van der Waals surface area contributed by atoms with E-state index in [0.717, 1.165) is 39.3 Å². The Labute approximate surface area is 130 Å². The van der Waals surface area contributed by atoms with Gasteiger partial charge in [-0.2, -0.15) is 0 Å². The Morgan fingerprint density at radius 1 is 1.33 bits per heavy atom. The molecule has 1 aromatic rings. The van der Waals surface area contributed by atoms with Crippen LogP contribution in [0.2, 0.25) is 5.15 Å². The Bertz CT molecular complexity index is 480. The van der Waals surface area contributed by atoms with E-state index in [1.54, 1.807) is 12.1 Å². The Balaban J connectivity index is 1.91. The van der Waals surface area contributed by atoms with Crippen LogP contribution in [0.15, 0.2) is 12.1 Å². The van der Waals surface area contributed by atoms with Gasteiger partial charge in [0.25, 0.3) is 5.91 Å². The summed E-state index contributed by atoms with van der Waals surface area (Å²) >= 11 is 5.85. The molecule has 116 valence electrons. The second kappa shape index (κ2) is 7.06. The monoisotopic (exact) mass is 311 g/mol. The highest BCUT2D eigenvalue weighted by Gasteiger charge is 2.22. The first-order valence-electron chi connectivity index (χ1n) is 7.05. The number of rotatable bonds is 4. The number of carbonyl (C=O) groups is 1. The van der Waals surface area contributed by atoms with Crippen LogP contribution in [0.5, 0.6) is 0 Å². The Morgan fingerprint density at radius 2 is 2.00 bits per heavy atom. The first-order chi connectivity index (χ1) is 9.95. The fraction of sp³-hybridized carbons (Fsp3) is 0.571. The van der Waals surface area contributed by atoms with Crippen molar-refractivity contribution in [2.45, 2.75) is 0 Å². The molecule has 21 heavy (non-hydrogen) atoms. The molecule has 2 N–H and O–H groups in total. The molecular weight excluding hydrogens is 290 g/mol. The Hall–Kier alpha value is -1.37. The fourth-order valence-electron chi connectivity index (χ4n) is 2.34. The molecule has 0 spiro atoms. The molecule has 0 saturated carbocycles. The largest absolute Gasteiger partial charge is 0.384 e. The summed E-state index contributed by atoms with van der Waals surface area (Å²) in [5.74, 6) is 0.244. The molecule has 0 atom stereocenters. The molecule has 1 amide bonds. The summed E-state index contributed by atoms with van der Waals surface area (Å²) in [7, 11) is 4.13. The lowest BCUT2D eigenvalue weighted by molar-refractivity contribution is 0.0629. The number of likely N-dealkylation sites (N-methyl/N-ethyl adjacent to an activating group) is 1. The lowest BCUT2D eigenvalue weighted by Crippen LogP contribution is -2.50. The first kappa shape index (κ1) is 16.0. The van der Waals surface area contributed by atoms with Crippen LogP contribution < -0.4 is 5.73 Å². The molecule has 0 unspecified atom stereocenters. The van der Waals surface area contributed by atoms with Crippen molar-refractivity contribution in [2.24, 2.45) is 0 Å². The Morgan fingerprint density at radius 3 is 2.57 bits per heavy atom. The average Bonchev–Trinajstić information content (AvgIpc) is 2.44. The highest BCUT2D eigenvalue weighted by atomic mass is 35.5. The lowest BCUT2D eigenvalue weighted by atomic mass is 10.2. The summed E-state index contributed by atoms with van der Waals surface area (Å²) in [5, 5.41) is 0.253. The van der Waals surface area contributed by atoms with Gasteiger partial charge in [0, 0.05) is 44.8 Å². The predicted octanol–water partition coefficient (Wildman–Crippen LogP) is 0.637. The van der Waals surface area contributed by atoms with Crippen LogP contribution in [-0.4, -0.2) is 79.0 Å².